The fourth-order valence-corrected chi connectivity index (χ4v) is 3.77. The predicted octanol–water partition coefficient (Wildman–Crippen LogP) is 1.90. The van der Waals surface area contributed by atoms with Crippen LogP contribution in [0.3, 0.4) is 0 Å². The highest BCUT2D eigenvalue weighted by atomic mass is 16.6. The minimum Gasteiger partial charge on any atom is -0.386 e. The van der Waals surface area contributed by atoms with Crippen molar-refractivity contribution in [1.29, 1.82) is 0 Å². The van der Waals surface area contributed by atoms with Crippen LogP contribution in [0.15, 0.2) is 0 Å². The molecule has 0 aromatic carbocycles. The zero-order chi connectivity index (χ0) is 25.4. The first-order chi connectivity index (χ1) is 15.6. The van der Waals surface area contributed by atoms with Gasteiger partial charge in [-0.05, 0) is 12.8 Å². The first-order valence-electron chi connectivity index (χ1n) is 11.4. The van der Waals surface area contributed by atoms with Crippen molar-refractivity contribution in [3.63, 3.8) is 0 Å². The highest BCUT2D eigenvalue weighted by Gasteiger charge is 2.41. The minimum absolute atomic E-state index is 0.0313. The van der Waals surface area contributed by atoms with Crippen molar-refractivity contribution in [3.8, 4) is 0 Å². The lowest BCUT2D eigenvalue weighted by Crippen LogP contribution is -2.45. The van der Waals surface area contributed by atoms with Crippen LogP contribution in [0.2, 0.25) is 0 Å². The molecule has 3 N–H and O–H groups in total. The van der Waals surface area contributed by atoms with Gasteiger partial charge in [-0.15, -0.1) is 0 Å². The number of rotatable bonds is 21. The smallest absolute Gasteiger partial charge is 0.241 e. The van der Waals surface area contributed by atoms with E-state index in [2.05, 4.69) is 6.92 Å². The molecular weight excluding hydrogens is 442 g/mol. The number of nitrogens with zero attached hydrogens (tertiary/aromatic N) is 3. The number of hydrogen-bond donors (Lipinski definition) is 3. The van der Waals surface area contributed by atoms with Gasteiger partial charge in [0.15, 0.2) is 0 Å². The second-order valence-electron chi connectivity index (χ2n) is 8.39. The standard InChI is InChI=1S/C20H37N3O10/c1-2-3-4-5-6-7-10-15(21(28)29)18(25)13-17(23(32)33)20(27)14-19(26)16(22(30)31)11-8-9-12-24/h12,15-20,25-27H,2-11,13-14H2,1H3. The van der Waals surface area contributed by atoms with Crippen LogP contribution in [-0.2, 0) is 4.79 Å². The maximum atomic E-state index is 11.4. The zero-order valence-electron chi connectivity index (χ0n) is 19.1. The lowest BCUT2D eigenvalue weighted by molar-refractivity contribution is -0.556. The molecular formula is C20H37N3O10. The Kier molecular flexibility index (Phi) is 16.1. The third kappa shape index (κ3) is 12.5. The van der Waals surface area contributed by atoms with E-state index in [1.807, 2.05) is 0 Å². The SMILES string of the molecule is CCCCCCCCC(C(O)CC(C(O)CC(O)C(CCCC=O)[N+](=O)[O-])[N+](=O)[O-])[N+](=O)[O-]. The van der Waals surface area contributed by atoms with E-state index in [4.69, 9.17) is 0 Å². The van der Waals surface area contributed by atoms with Gasteiger partial charge in [0.2, 0.25) is 18.1 Å². The summed E-state index contributed by atoms with van der Waals surface area (Å²) in [6.45, 7) is 2.06. The molecule has 0 amide bonds. The Morgan fingerprint density at radius 3 is 1.58 bits per heavy atom. The Hall–Kier alpha value is -2.25. The van der Waals surface area contributed by atoms with E-state index >= 15 is 0 Å². The molecule has 0 spiro atoms. The van der Waals surface area contributed by atoms with Crippen LogP contribution in [0.5, 0.6) is 0 Å². The number of hydrogen-bond acceptors (Lipinski definition) is 10. The van der Waals surface area contributed by atoms with Gasteiger partial charge < -0.3 is 20.1 Å². The molecule has 0 saturated carbocycles. The number of aldehydes is 1. The Labute approximate surface area is 192 Å². The maximum Gasteiger partial charge on any atom is 0.241 e. The van der Waals surface area contributed by atoms with E-state index in [0.717, 1.165) is 32.1 Å². The van der Waals surface area contributed by atoms with Crippen molar-refractivity contribution in [3.05, 3.63) is 30.3 Å². The second kappa shape index (κ2) is 17.3. The molecule has 0 aliphatic carbocycles. The summed E-state index contributed by atoms with van der Waals surface area (Å²) in [5.74, 6) is 0. The van der Waals surface area contributed by atoms with E-state index in [9.17, 15) is 50.5 Å². The molecule has 13 heteroatoms. The average molecular weight is 480 g/mol. The molecule has 0 aliphatic heterocycles. The second-order valence-corrected chi connectivity index (χ2v) is 8.39. The lowest BCUT2D eigenvalue weighted by atomic mass is 9.92. The average Bonchev–Trinajstić information content (AvgIpc) is 2.73. The number of carbonyl (C=O) groups excluding carboxylic acids is 1. The fraction of sp³-hybridized carbons (Fsp3) is 0.950. The fourth-order valence-electron chi connectivity index (χ4n) is 3.77. The molecule has 6 unspecified atom stereocenters. The van der Waals surface area contributed by atoms with Gasteiger partial charge in [0.1, 0.15) is 24.6 Å². The molecule has 192 valence electrons. The first kappa shape index (κ1) is 30.8. The summed E-state index contributed by atoms with van der Waals surface area (Å²) in [5, 5.41) is 64.7. The summed E-state index contributed by atoms with van der Waals surface area (Å²) in [6.07, 6.45) is -0.898. The van der Waals surface area contributed by atoms with E-state index in [1.165, 1.54) is 0 Å². The number of carbonyl (C=O) groups is 1. The third-order valence-electron chi connectivity index (χ3n) is 5.79. The van der Waals surface area contributed by atoms with E-state index in [0.29, 0.717) is 12.7 Å². The quantitative estimate of drug-likeness (QED) is 0.0942. The highest BCUT2D eigenvalue weighted by molar-refractivity contribution is 5.48. The Morgan fingerprint density at radius 1 is 0.667 bits per heavy atom. The summed E-state index contributed by atoms with van der Waals surface area (Å²) >= 11 is 0. The van der Waals surface area contributed by atoms with Crippen LogP contribution in [0.25, 0.3) is 0 Å². The Balaban J connectivity index is 5.01. The van der Waals surface area contributed by atoms with Crippen molar-refractivity contribution in [2.24, 2.45) is 0 Å². The summed E-state index contributed by atoms with van der Waals surface area (Å²) < 4.78 is 0. The first-order valence-corrected chi connectivity index (χ1v) is 11.4. The maximum absolute atomic E-state index is 11.4. The number of unbranched alkanes of at least 4 members (excludes halogenated alkanes) is 6. The van der Waals surface area contributed by atoms with Crippen LogP contribution in [0, 0.1) is 30.3 Å². The van der Waals surface area contributed by atoms with Gasteiger partial charge in [0, 0.05) is 40.5 Å². The van der Waals surface area contributed by atoms with Crippen LogP contribution in [0.1, 0.15) is 84.0 Å². The summed E-state index contributed by atoms with van der Waals surface area (Å²) in [6, 6.07) is -4.81. The van der Waals surface area contributed by atoms with E-state index in [1.54, 1.807) is 0 Å². The molecule has 0 fully saturated rings. The van der Waals surface area contributed by atoms with Gasteiger partial charge in [-0.3, -0.25) is 30.3 Å². The van der Waals surface area contributed by atoms with Crippen LogP contribution >= 0.6 is 0 Å². The normalized spacial score (nSPS) is 16.8. The monoisotopic (exact) mass is 479 g/mol. The molecule has 0 aliphatic rings. The van der Waals surface area contributed by atoms with Crippen molar-refractivity contribution in [1.82, 2.24) is 0 Å². The van der Waals surface area contributed by atoms with Gasteiger partial charge in [-0.2, -0.15) is 0 Å². The van der Waals surface area contributed by atoms with E-state index < -0.39 is 64.0 Å². The van der Waals surface area contributed by atoms with Gasteiger partial charge in [-0.25, -0.2) is 0 Å². The largest absolute Gasteiger partial charge is 0.386 e. The molecule has 0 aromatic rings. The third-order valence-corrected chi connectivity index (χ3v) is 5.79. The molecule has 33 heavy (non-hydrogen) atoms. The minimum atomic E-state index is -1.86. The van der Waals surface area contributed by atoms with Crippen LogP contribution in [-0.4, -0.2) is 72.8 Å². The van der Waals surface area contributed by atoms with Crippen molar-refractivity contribution < 1.29 is 34.9 Å². The molecule has 0 radical (unpaired) electrons. The van der Waals surface area contributed by atoms with Crippen molar-refractivity contribution >= 4 is 6.29 Å². The highest BCUT2D eigenvalue weighted by Crippen LogP contribution is 2.21. The Morgan fingerprint density at radius 2 is 1.09 bits per heavy atom. The van der Waals surface area contributed by atoms with Crippen LogP contribution in [0.4, 0.5) is 0 Å². The van der Waals surface area contributed by atoms with Gasteiger partial charge in [0.25, 0.3) is 0 Å². The molecule has 6 atom stereocenters. The molecule has 0 aromatic heterocycles. The summed E-state index contributed by atoms with van der Waals surface area (Å²) in [5.41, 5.74) is 0. The van der Waals surface area contributed by atoms with Crippen molar-refractivity contribution in [2.75, 3.05) is 0 Å². The van der Waals surface area contributed by atoms with Crippen LogP contribution < -0.4 is 0 Å². The number of aliphatic hydroxyl groups excluding tert-OH is 3. The van der Waals surface area contributed by atoms with Gasteiger partial charge >= 0.3 is 0 Å². The molecule has 0 heterocycles. The van der Waals surface area contributed by atoms with Gasteiger partial charge in [0.05, 0.1) is 6.42 Å². The zero-order valence-corrected chi connectivity index (χ0v) is 19.1. The number of nitro groups is 3. The van der Waals surface area contributed by atoms with Gasteiger partial charge in [-0.1, -0.05) is 39.0 Å². The predicted molar refractivity (Wildman–Crippen MR) is 118 cm³/mol. The molecule has 0 saturated heterocycles. The van der Waals surface area contributed by atoms with Crippen molar-refractivity contribution in [2.45, 2.75) is 120 Å². The van der Waals surface area contributed by atoms with E-state index in [-0.39, 0.29) is 25.7 Å². The summed E-state index contributed by atoms with van der Waals surface area (Å²) in [4.78, 5) is 42.0. The molecule has 13 nitrogen and oxygen atoms in total. The lowest BCUT2D eigenvalue weighted by Gasteiger charge is -2.23. The number of aliphatic hydroxyl groups is 3. The molecule has 0 bridgehead atoms. The topological polar surface area (TPSA) is 207 Å². The molecule has 0 rings (SSSR count). The summed E-state index contributed by atoms with van der Waals surface area (Å²) in [7, 11) is 0. The Bertz CT molecular complexity index is 607.